The Hall–Kier alpha value is -2.16. The predicted octanol–water partition coefficient (Wildman–Crippen LogP) is 3.56. The maximum Gasteiger partial charge on any atom is 0.224 e. The molecule has 1 unspecified atom stereocenters. The van der Waals surface area contributed by atoms with Crippen molar-refractivity contribution in [1.82, 2.24) is 15.5 Å². The molecule has 1 amide bonds. The van der Waals surface area contributed by atoms with Gasteiger partial charge in [0.25, 0.3) is 0 Å². The lowest BCUT2D eigenvalue weighted by Gasteiger charge is -2.22. The van der Waals surface area contributed by atoms with Crippen LogP contribution in [0.15, 0.2) is 59.6 Å². The number of halogens is 2. The fraction of sp³-hybridized carbons (Fsp3) is 0.391. The number of nitrogens with zero attached hydrogens (tertiary/aromatic N) is 2. The zero-order valence-electron chi connectivity index (χ0n) is 17.3. The lowest BCUT2D eigenvalue weighted by Crippen LogP contribution is -2.40. The summed E-state index contributed by atoms with van der Waals surface area (Å²) in [5, 5.41) is 6.21. The van der Waals surface area contributed by atoms with E-state index in [2.05, 4.69) is 51.7 Å². The normalized spacial score (nSPS) is 16.1. The summed E-state index contributed by atoms with van der Waals surface area (Å²) in [6.07, 6.45) is 1.28. The highest BCUT2D eigenvalue weighted by Crippen LogP contribution is 2.26. The molecule has 2 aromatic rings. The van der Waals surface area contributed by atoms with E-state index in [4.69, 9.17) is 0 Å². The maximum atomic E-state index is 13.2. The molecular formula is C23H30FIN4O. The molecule has 2 aromatic carbocycles. The molecule has 2 N–H and O–H groups in total. The molecule has 1 heterocycles. The third-order valence-corrected chi connectivity index (χ3v) is 5.04. The second-order valence-corrected chi connectivity index (χ2v) is 7.23. The largest absolute Gasteiger partial charge is 0.357 e. The monoisotopic (exact) mass is 524 g/mol. The zero-order valence-corrected chi connectivity index (χ0v) is 19.6. The van der Waals surface area contributed by atoms with Crippen LogP contribution in [0.4, 0.5) is 4.39 Å². The van der Waals surface area contributed by atoms with Crippen LogP contribution < -0.4 is 10.6 Å². The summed E-state index contributed by atoms with van der Waals surface area (Å²) in [6.45, 7) is 5.74. The van der Waals surface area contributed by atoms with E-state index in [1.54, 1.807) is 12.1 Å². The van der Waals surface area contributed by atoms with Gasteiger partial charge in [0, 0.05) is 32.1 Å². The molecule has 1 atom stereocenters. The molecular weight excluding hydrogens is 494 g/mol. The van der Waals surface area contributed by atoms with E-state index in [1.165, 1.54) is 17.7 Å². The minimum Gasteiger partial charge on any atom is -0.357 e. The van der Waals surface area contributed by atoms with E-state index >= 15 is 0 Å². The van der Waals surface area contributed by atoms with E-state index in [-0.39, 0.29) is 42.1 Å². The number of carbonyl (C=O) groups excluding carboxylic acids is 1. The van der Waals surface area contributed by atoms with Gasteiger partial charge >= 0.3 is 0 Å². The molecule has 0 radical (unpaired) electrons. The number of rotatable bonds is 7. The number of benzene rings is 2. The number of hydrogen-bond donors (Lipinski definition) is 2. The Morgan fingerprint density at radius 3 is 2.70 bits per heavy atom. The molecule has 0 saturated carbocycles. The minimum atomic E-state index is -0.324. The highest BCUT2D eigenvalue weighted by Gasteiger charge is 2.25. The van der Waals surface area contributed by atoms with Crippen molar-refractivity contribution in [2.75, 3.05) is 32.7 Å². The molecule has 1 aliphatic heterocycles. The van der Waals surface area contributed by atoms with Gasteiger partial charge < -0.3 is 15.5 Å². The molecule has 0 aromatic heterocycles. The Morgan fingerprint density at radius 2 is 1.97 bits per heavy atom. The second kappa shape index (κ2) is 12.5. The van der Waals surface area contributed by atoms with Gasteiger partial charge in [-0.05, 0) is 36.6 Å². The van der Waals surface area contributed by atoms with Crippen LogP contribution in [0.5, 0.6) is 0 Å². The van der Waals surface area contributed by atoms with Crippen molar-refractivity contribution in [3.8, 4) is 0 Å². The Morgan fingerprint density at radius 1 is 1.17 bits per heavy atom. The highest BCUT2D eigenvalue weighted by molar-refractivity contribution is 14.0. The zero-order chi connectivity index (χ0) is 20.5. The fourth-order valence-electron chi connectivity index (χ4n) is 3.63. The first-order chi connectivity index (χ1) is 14.2. The van der Waals surface area contributed by atoms with Crippen molar-refractivity contribution in [1.29, 1.82) is 0 Å². The SMILES string of the molecule is CCNC(=NCCNC(=O)Cc1cccc(F)c1)N1CCC(c2ccccc2)C1.I. The quantitative estimate of drug-likeness (QED) is 0.252. The van der Waals surface area contributed by atoms with E-state index in [0.29, 0.717) is 24.6 Å². The fourth-order valence-corrected chi connectivity index (χ4v) is 3.63. The molecule has 0 aliphatic carbocycles. The van der Waals surface area contributed by atoms with E-state index in [9.17, 15) is 9.18 Å². The summed E-state index contributed by atoms with van der Waals surface area (Å²) in [5.41, 5.74) is 2.04. The number of hydrogen-bond acceptors (Lipinski definition) is 2. The van der Waals surface area contributed by atoms with Crippen LogP contribution in [0.2, 0.25) is 0 Å². The Kier molecular flexibility index (Phi) is 10.1. The molecule has 0 bridgehead atoms. The Balaban J connectivity index is 0.00000320. The van der Waals surface area contributed by atoms with Gasteiger partial charge in [0.1, 0.15) is 5.82 Å². The highest BCUT2D eigenvalue weighted by atomic mass is 127. The number of aliphatic imine (C=N–C) groups is 1. The average molecular weight is 524 g/mol. The van der Waals surface area contributed by atoms with Crippen molar-refractivity contribution >= 4 is 35.8 Å². The first kappa shape index (κ1) is 24.1. The summed E-state index contributed by atoms with van der Waals surface area (Å²) < 4.78 is 13.2. The summed E-state index contributed by atoms with van der Waals surface area (Å²) in [4.78, 5) is 19.0. The first-order valence-corrected chi connectivity index (χ1v) is 10.2. The molecule has 5 nitrogen and oxygen atoms in total. The van der Waals surface area contributed by atoms with Crippen molar-refractivity contribution in [2.45, 2.75) is 25.7 Å². The summed E-state index contributed by atoms with van der Waals surface area (Å²) in [6, 6.07) is 16.7. The van der Waals surface area contributed by atoms with Crippen molar-refractivity contribution in [3.63, 3.8) is 0 Å². The smallest absolute Gasteiger partial charge is 0.224 e. The van der Waals surface area contributed by atoms with Crippen LogP contribution in [0.25, 0.3) is 0 Å². The van der Waals surface area contributed by atoms with Crippen molar-refractivity contribution in [2.24, 2.45) is 4.99 Å². The molecule has 1 aliphatic rings. The van der Waals surface area contributed by atoms with Gasteiger partial charge in [-0.2, -0.15) is 0 Å². The lowest BCUT2D eigenvalue weighted by molar-refractivity contribution is -0.120. The van der Waals surface area contributed by atoms with Crippen LogP contribution in [-0.4, -0.2) is 49.5 Å². The van der Waals surface area contributed by atoms with Gasteiger partial charge in [0.05, 0.1) is 13.0 Å². The topological polar surface area (TPSA) is 56.7 Å². The third kappa shape index (κ3) is 7.27. The van der Waals surface area contributed by atoms with Crippen molar-refractivity contribution < 1.29 is 9.18 Å². The van der Waals surface area contributed by atoms with Gasteiger partial charge in [-0.15, -0.1) is 24.0 Å². The van der Waals surface area contributed by atoms with E-state index < -0.39 is 0 Å². The summed E-state index contributed by atoms with van der Waals surface area (Å²) in [5.74, 6) is 0.965. The number of carbonyl (C=O) groups is 1. The van der Waals surface area contributed by atoms with Gasteiger partial charge in [-0.25, -0.2) is 4.39 Å². The average Bonchev–Trinajstić information content (AvgIpc) is 3.21. The predicted molar refractivity (Wildman–Crippen MR) is 130 cm³/mol. The minimum absolute atomic E-state index is 0. The molecule has 0 spiro atoms. The summed E-state index contributed by atoms with van der Waals surface area (Å²) >= 11 is 0. The van der Waals surface area contributed by atoms with Gasteiger partial charge in [-0.1, -0.05) is 42.5 Å². The van der Waals surface area contributed by atoms with Gasteiger partial charge in [0.2, 0.25) is 5.91 Å². The molecule has 1 saturated heterocycles. The summed E-state index contributed by atoms with van der Waals surface area (Å²) in [7, 11) is 0. The number of likely N-dealkylation sites (tertiary alicyclic amines) is 1. The lowest BCUT2D eigenvalue weighted by atomic mass is 9.99. The van der Waals surface area contributed by atoms with Gasteiger partial charge in [0.15, 0.2) is 5.96 Å². The van der Waals surface area contributed by atoms with E-state index in [0.717, 1.165) is 32.0 Å². The van der Waals surface area contributed by atoms with Gasteiger partial charge in [-0.3, -0.25) is 9.79 Å². The van der Waals surface area contributed by atoms with Crippen LogP contribution in [0.3, 0.4) is 0 Å². The molecule has 3 rings (SSSR count). The second-order valence-electron chi connectivity index (χ2n) is 7.23. The van der Waals surface area contributed by atoms with Crippen LogP contribution in [0, 0.1) is 5.82 Å². The van der Waals surface area contributed by atoms with Crippen LogP contribution >= 0.6 is 24.0 Å². The number of amides is 1. The molecule has 7 heteroatoms. The Labute approximate surface area is 195 Å². The number of guanidine groups is 1. The van der Waals surface area contributed by atoms with E-state index in [1.807, 2.05) is 6.07 Å². The first-order valence-electron chi connectivity index (χ1n) is 10.2. The molecule has 30 heavy (non-hydrogen) atoms. The standard InChI is InChI=1S/C23H29FN4O.HI/c1-2-25-23(28-14-11-20(17-28)19-8-4-3-5-9-19)27-13-12-26-22(29)16-18-7-6-10-21(24)15-18;/h3-10,15,20H,2,11-14,16-17H2,1H3,(H,25,27)(H,26,29);1H. The molecule has 162 valence electrons. The van der Waals surface area contributed by atoms with Crippen LogP contribution in [-0.2, 0) is 11.2 Å². The van der Waals surface area contributed by atoms with Crippen LogP contribution in [0.1, 0.15) is 30.4 Å². The van der Waals surface area contributed by atoms with Crippen molar-refractivity contribution in [3.05, 3.63) is 71.5 Å². The maximum absolute atomic E-state index is 13.2. The third-order valence-electron chi connectivity index (χ3n) is 5.04. The Bertz CT molecular complexity index is 831. The number of nitrogens with one attached hydrogen (secondary N) is 2. The molecule has 1 fully saturated rings.